The number of carbonyl (C=O) groups excluding carboxylic acids is 2. The standard InChI is InChI=1S/C20H30N6O3/c1-12(2)11-26-17(7-8-21-26)19(27)23-18-10-16(24-25-18)14-5-6-15(9-14)29-20(28)22-13(3)4/h7-8,10,12-15H,5-6,9,11H2,1-4H3,(H,22,28)(H2,23,24,25,27). The smallest absolute Gasteiger partial charge is 0.407 e. The maximum atomic E-state index is 12.6. The molecule has 0 bridgehead atoms. The van der Waals surface area contributed by atoms with Crippen LogP contribution in [0.2, 0.25) is 0 Å². The van der Waals surface area contributed by atoms with Crippen LogP contribution in [0.15, 0.2) is 18.3 Å². The molecule has 3 rings (SSSR count). The molecule has 9 heteroatoms. The van der Waals surface area contributed by atoms with E-state index in [-0.39, 0.29) is 30.1 Å². The van der Waals surface area contributed by atoms with E-state index in [9.17, 15) is 9.59 Å². The van der Waals surface area contributed by atoms with Crippen molar-refractivity contribution in [2.75, 3.05) is 5.32 Å². The molecule has 2 aromatic heterocycles. The van der Waals surface area contributed by atoms with E-state index in [0.29, 0.717) is 24.0 Å². The van der Waals surface area contributed by atoms with E-state index in [4.69, 9.17) is 4.74 Å². The van der Waals surface area contributed by atoms with Crippen LogP contribution in [0.1, 0.15) is 69.1 Å². The van der Waals surface area contributed by atoms with Gasteiger partial charge in [-0.3, -0.25) is 14.6 Å². The van der Waals surface area contributed by atoms with Crippen LogP contribution in [0.5, 0.6) is 0 Å². The Kier molecular flexibility index (Phi) is 6.56. The zero-order chi connectivity index (χ0) is 21.0. The number of alkyl carbamates (subject to hydrolysis) is 1. The Labute approximate surface area is 170 Å². The van der Waals surface area contributed by atoms with Crippen molar-refractivity contribution in [2.45, 2.75) is 71.6 Å². The number of hydrogen-bond donors (Lipinski definition) is 3. The van der Waals surface area contributed by atoms with Crippen LogP contribution in [-0.4, -0.2) is 44.1 Å². The maximum absolute atomic E-state index is 12.6. The first-order valence-electron chi connectivity index (χ1n) is 10.2. The molecule has 1 saturated carbocycles. The molecule has 3 N–H and O–H groups in total. The minimum atomic E-state index is -0.374. The number of anilines is 1. The lowest BCUT2D eigenvalue weighted by Crippen LogP contribution is -2.33. The monoisotopic (exact) mass is 402 g/mol. The van der Waals surface area contributed by atoms with Crippen molar-refractivity contribution in [3.8, 4) is 0 Å². The van der Waals surface area contributed by atoms with Gasteiger partial charge in [-0.2, -0.15) is 10.2 Å². The number of aromatic amines is 1. The summed E-state index contributed by atoms with van der Waals surface area (Å²) in [6.07, 6.45) is 3.59. The highest BCUT2D eigenvalue weighted by atomic mass is 16.6. The van der Waals surface area contributed by atoms with E-state index in [1.165, 1.54) is 0 Å². The topological polar surface area (TPSA) is 114 Å². The zero-order valence-electron chi connectivity index (χ0n) is 17.4. The highest BCUT2D eigenvalue weighted by molar-refractivity contribution is 6.02. The number of ether oxygens (including phenoxy) is 1. The van der Waals surface area contributed by atoms with Crippen LogP contribution >= 0.6 is 0 Å². The Hall–Kier alpha value is -2.84. The molecule has 1 fully saturated rings. The van der Waals surface area contributed by atoms with Gasteiger partial charge in [0.05, 0.1) is 0 Å². The number of amides is 2. The summed E-state index contributed by atoms with van der Waals surface area (Å²) in [5.74, 6) is 0.846. The van der Waals surface area contributed by atoms with Crippen molar-refractivity contribution in [3.63, 3.8) is 0 Å². The summed E-state index contributed by atoms with van der Waals surface area (Å²) in [7, 11) is 0. The third kappa shape index (κ3) is 5.58. The normalized spacial score (nSPS) is 19.0. The number of aromatic nitrogens is 4. The molecule has 2 heterocycles. The van der Waals surface area contributed by atoms with E-state index in [1.807, 2.05) is 19.9 Å². The molecular weight excluding hydrogens is 372 g/mol. The van der Waals surface area contributed by atoms with Crippen molar-refractivity contribution < 1.29 is 14.3 Å². The fourth-order valence-electron chi connectivity index (χ4n) is 3.56. The summed E-state index contributed by atoms with van der Waals surface area (Å²) in [4.78, 5) is 24.4. The van der Waals surface area contributed by atoms with Gasteiger partial charge in [-0.15, -0.1) is 0 Å². The molecule has 2 amide bonds. The van der Waals surface area contributed by atoms with Crippen molar-refractivity contribution in [2.24, 2.45) is 5.92 Å². The van der Waals surface area contributed by atoms with Crippen LogP contribution < -0.4 is 10.6 Å². The fourth-order valence-corrected chi connectivity index (χ4v) is 3.56. The zero-order valence-corrected chi connectivity index (χ0v) is 17.4. The van der Waals surface area contributed by atoms with Crippen LogP contribution in [0.25, 0.3) is 0 Å². The largest absolute Gasteiger partial charge is 0.446 e. The van der Waals surface area contributed by atoms with Crippen molar-refractivity contribution >= 4 is 17.8 Å². The van der Waals surface area contributed by atoms with E-state index in [0.717, 1.165) is 25.0 Å². The van der Waals surface area contributed by atoms with Gasteiger partial charge in [0.2, 0.25) is 0 Å². The summed E-state index contributed by atoms with van der Waals surface area (Å²) >= 11 is 0. The second-order valence-electron chi connectivity index (χ2n) is 8.29. The number of hydrogen-bond acceptors (Lipinski definition) is 5. The molecule has 0 radical (unpaired) electrons. The number of carbonyl (C=O) groups is 2. The Morgan fingerprint density at radius 3 is 2.83 bits per heavy atom. The average molecular weight is 402 g/mol. The molecule has 1 aliphatic rings. The third-order valence-electron chi connectivity index (χ3n) is 4.83. The summed E-state index contributed by atoms with van der Waals surface area (Å²) in [6.45, 7) is 8.63. The van der Waals surface area contributed by atoms with Crippen LogP contribution in [0.3, 0.4) is 0 Å². The van der Waals surface area contributed by atoms with E-state index in [1.54, 1.807) is 16.9 Å². The Morgan fingerprint density at radius 2 is 2.10 bits per heavy atom. The molecule has 0 saturated heterocycles. The predicted molar refractivity (Wildman–Crippen MR) is 109 cm³/mol. The van der Waals surface area contributed by atoms with E-state index >= 15 is 0 Å². The summed E-state index contributed by atoms with van der Waals surface area (Å²) in [5, 5.41) is 17.0. The minimum absolute atomic E-state index is 0.0512. The first-order chi connectivity index (χ1) is 13.8. The van der Waals surface area contributed by atoms with Gasteiger partial charge >= 0.3 is 6.09 Å². The predicted octanol–water partition coefficient (Wildman–Crippen LogP) is 3.29. The van der Waals surface area contributed by atoms with Gasteiger partial charge in [-0.1, -0.05) is 13.8 Å². The number of H-pyrrole nitrogens is 1. The first-order valence-corrected chi connectivity index (χ1v) is 10.2. The molecule has 1 aliphatic carbocycles. The molecule has 2 atom stereocenters. The SMILES string of the molecule is CC(C)Cn1nccc1C(=O)Nc1cc(C2CCC(OC(=O)NC(C)C)C2)[nH]n1. The highest BCUT2D eigenvalue weighted by Gasteiger charge is 2.30. The summed E-state index contributed by atoms with van der Waals surface area (Å²) in [6, 6.07) is 3.60. The van der Waals surface area contributed by atoms with Gasteiger partial charge in [0.1, 0.15) is 11.8 Å². The van der Waals surface area contributed by atoms with Crippen molar-refractivity contribution in [3.05, 3.63) is 29.7 Å². The number of nitrogens with zero attached hydrogens (tertiary/aromatic N) is 3. The second-order valence-corrected chi connectivity index (χ2v) is 8.29. The quantitative estimate of drug-likeness (QED) is 0.658. The highest BCUT2D eigenvalue weighted by Crippen LogP contribution is 2.35. The Bertz CT molecular complexity index is 841. The second kappa shape index (κ2) is 9.11. The lowest BCUT2D eigenvalue weighted by atomic mass is 10.0. The molecule has 0 aliphatic heterocycles. The van der Waals surface area contributed by atoms with Gasteiger partial charge in [0.25, 0.3) is 5.91 Å². The molecule has 9 nitrogen and oxygen atoms in total. The summed E-state index contributed by atoms with van der Waals surface area (Å²) in [5.41, 5.74) is 1.44. The molecule has 0 aromatic carbocycles. The van der Waals surface area contributed by atoms with Crippen molar-refractivity contribution in [1.82, 2.24) is 25.3 Å². The fraction of sp³-hybridized carbons (Fsp3) is 0.600. The van der Waals surface area contributed by atoms with Gasteiger partial charge < -0.3 is 15.4 Å². The maximum Gasteiger partial charge on any atom is 0.407 e. The van der Waals surface area contributed by atoms with Crippen LogP contribution in [-0.2, 0) is 11.3 Å². The average Bonchev–Trinajstić information content (AvgIpc) is 3.34. The molecule has 29 heavy (non-hydrogen) atoms. The molecule has 0 spiro atoms. The molecule has 2 unspecified atom stereocenters. The lowest BCUT2D eigenvalue weighted by molar-refractivity contribution is 0.0979. The van der Waals surface area contributed by atoms with Gasteiger partial charge in [-0.25, -0.2) is 4.79 Å². The number of rotatable bonds is 7. The third-order valence-corrected chi connectivity index (χ3v) is 4.83. The number of nitrogens with one attached hydrogen (secondary N) is 3. The van der Waals surface area contributed by atoms with Crippen molar-refractivity contribution in [1.29, 1.82) is 0 Å². The Morgan fingerprint density at radius 1 is 1.31 bits per heavy atom. The van der Waals surface area contributed by atoms with E-state index in [2.05, 4.69) is 39.8 Å². The molecular formula is C20H30N6O3. The van der Waals surface area contributed by atoms with Crippen LogP contribution in [0.4, 0.5) is 10.6 Å². The van der Waals surface area contributed by atoms with E-state index < -0.39 is 0 Å². The van der Waals surface area contributed by atoms with Gasteiger partial charge in [-0.05, 0) is 45.1 Å². The molecule has 158 valence electrons. The first kappa shape index (κ1) is 20.9. The minimum Gasteiger partial charge on any atom is -0.446 e. The Balaban J connectivity index is 1.55. The van der Waals surface area contributed by atoms with Gasteiger partial charge in [0.15, 0.2) is 5.82 Å². The van der Waals surface area contributed by atoms with Crippen LogP contribution in [0, 0.1) is 5.92 Å². The molecule has 2 aromatic rings. The summed E-state index contributed by atoms with van der Waals surface area (Å²) < 4.78 is 7.18. The lowest BCUT2D eigenvalue weighted by Gasteiger charge is -2.14. The van der Waals surface area contributed by atoms with Gasteiger partial charge in [0, 0.05) is 36.5 Å².